The van der Waals surface area contributed by atoms with E-state index >= 15 is 0 Å². The second-order valence-corrected chi connectivity index (χ2v) is 5.92. The molecule has 3 unspecified atom stereocenters. The van der Waals surface area contributed by atoms with Crippen LogP contribution in [0.1, 0.15) is 40.0 Å². The standard InChI is InChI=1S/C15H28N2O3/c1-5-20-15(19)10-17(4)9-14(18)16-13-8-6-7-11(2)12(13)3/h11-13H,5-10H2,1-4H3,(H,16,18). The molecule has 0 aromatic heterocycles. The average molecular weight is 284 g/mol. The predicted molar refractivity (Wildman–Crippen MR) is 78.2 cm³/mol. The second-order valence-electron chi connectivity index (χ2n) is 5.92. The van der Waals surface area contributed by atoms with Crippen molar-refractivity contribution in [2.45, 2.75) is 46.1 Å². The lowest BCUT2D eigenvalue weighted by atomic mass is 9.78. The molecule has 0 spiro atoms. The molecule has 1 fully saturated rings. The molecule has 1 saturated carbocycles. The number of rotatable bonds is 6. The van der Waals surface area contributed by atoms with Crippen LogP contribution in [-0.2, 0) is 14.3 Å². The van der Waals surface area contributed by atoms with E-state index in [-0.39, 0.29) is 31.0 Å². The van der Waals surface area contributed by atoms with Gasteiger partial charge in [-0.2, -0.15) is 0 Å². The Morgan fingerprint density at radius 3 is 2.60 bits per heavy atom. The van der Waals surface area contributed by atoms with E-state index in [0.717, 1.165) is 6.42 Å². The molecule has 0 aliphatic heterocycles. The fraction of sp³-hybridized carbons (Fsp3) is 0.867. The molecule has 1 rings (SSSR count). The van der Waals surface area contributed by atoms with E-state index in [1.165, 1.54) is 12.8 Å². The number of amides is 1. The third-order valence-electron chi connectivity index (χ3n) is 4.17. The van der Waals surface area contributed by atoms with Gasteiger partial charge < -0.3 is 10.1 Å². The third kappa shape index (κ3) is 5.49. The first-order chi connectivity index (χ1) is 9.43. The smallest absolute Gasteiger partial charge is 0.320 e. The van der Waals surface area contributed by atoms with Crippen molar-refractivity contribution in [2.24, 2.45) is 11.8 Å². The van der Waals surface area contributed by atoms with Crippen molar-refractivity contribution in [3.05, 3.63) is 0 Å². The Hall–Kier alpha value is -1.10. The fourth-order valence-corrected chi connectivity index (χ4v) is 2.77. The van der Waals surface area contributed by atoms with Gasteiger partial charge in [-0.05, 0) is 32.2 Å². The highest BCUT2D eigenvalue weighted by Crippen LogP contribution is 2.29. The summed E-state index contributed by atoms with van der Waals surface area (Å²) in [5.74, 6) is 0.875. The summed E-state index contributed by atoms with van der Waals surface area (Å²) < 4.78 is 4.86. The van der Waals surface area contributed by atoms with Crippen molar-refractivity contribution >= 4 is 11.9 Å². The Bertz CT molecular complexity index is 333. The van der Waals surface area contributed by atoms with Gasteiger partial charge in [0, 0.05) is 6.04 Å². The van der Waals surface area contributed by atoms with Gasteiger partial charge in [-0.25, -0.2) is 0 Å². The number of nitrogens with zero attached hydrogens (tertiary/aromatic N) is 1. The number of likely N-dealkylation sites (N-methyl/N-ethyl adjacent to an activating group) is 1. The maximum Gasteiger partial charge on any atom is 0.320 e. The van der Waals surface area contributed by atoms with Gasteiger partial charge in [0.2, 0.25) is 5.91 Å². The van der Waals surface area contributed by atoms with Crippen molar-refractivity contribution < 1.29 is 14.3 Å². The van der Waals surface area contributed by atoms with Gasteiger partial charge in [0.25, 0.3) is 0 Å². The van der Waals surface area contributed by atoms with Gasteiger partial charge in [-0.3, -0.25) is 14.5 Å². The molecule has 20 heavy (non-hydrogen) atoms. The molecule has 0 bridgehead atoms. The van der Waals surface area contributed by atoms with E-state index in [4.69, 9.17) is 4.74 Å². The summed E-state index contributed by atoms with van der Waals surface area (Å²) in [4.78, 5) is 25.0. The molecule has 0 aromatic rings. The van der Waals surface area contributed by atoms with E-state index in [1.54, 1.807) is 18.9 Å². The highest BCUT2D eigenvalue weighted by Gasteiger charge is 2.28. The molecule has 1 aliphatic rings. The lowest BCUT2D eigenvalue weighted by Crippen LogP contribution is -2.47. The van der Waals surface area contributed by atoms with Gasteiger partial charge in [0.05, 0.1) is 19.7 Å². The molecule has 0 heterocycles. The number of hydrogen-bond acceptors (Lipinski definition) is 4. The summed E-state index contributed by atoms with van der Waals surface area (Å²) in [6.07, 6.45) is 3.48. The molecule has 116 valence electrons. The molecule has 3 atom stereocenters. The average Bonchev–Trinajstić information content (AvgIpc) is 2.34. The van der Waals surface area contributed by atoms with E-state index in [0.29, 0.717) is 18.4 Å². The van der Waals surface area contributed by atoms with Crippen LogP contribution in [0.3, 0.4) is 0 Å². The molecule has 1 aliphatic carbocycles. The van der Waals surface area contributed by atoms with Crippen LogP contribution in [0.15, 0.2) is 0 Å². The van der Waals surface area contributed by atoms with Crippen LogP contribution in [0.25, 0.3) is 0 Å². The van der Waals surface area contributed by atoms with Gasteiger partial charge in [0.15, 0.2) is 0 Å². The van der Waals surface area contributed by atoms with Crippen LogP contribution < -0.4 is 5.32 Å². The van der Waals surface area contributed by atoms with E-state index in [2.05, 4.69) is 19.2 Å². The van der Waals surface area contributed by atoms with Crippen LogP contribution >= 0.6 is 0 Å². The Morgan fingerprint density at radius 2 is 1.95 bits per heavy atom. The minimum absolute atomic E-state index is 0.0113. The number of esters is 1. The predicted octanol–water partition coefficient (Wildman–Crippen LogP) is 1.42. The molecular weight excluding hydrogens is 256 g/mol. The molecule has 5 heteroatoms. The van der Waals surface area contributed by atoms with Crippen LogP contribution in [-0.4, -0.2) is 49.6 Å². The Kier molecular flexibility index (Phi) is 6.99. The maximum absolute atomic E-state index is 12.0. The minimum atomic E-state index is -0.289. The molecule has 0 saturated heterocycles. The lowest BCUT2D eigenvalue weighted by molar-refractivity contribution is -0.144. The Morgan fingerprint density at radius 1 is 1.25 bits per heavy atom. The number of hydrogen-bond donors (Lipinski definition) is 1. The monoisotopic (exact) mass is 284 g/mol. The van der Waals surface area contributed by atoms with E-state index in [9.17, 15) is 9.59 Å². The van der Waals surface area contributed by atoms with Gasteiger partial charge in [-0.15, -0.1) is 0 Å². The minimum Gasteiger partial charge on any atom is -0.465 e. The van der Waals surface area contributed by atoms with Crippen LogP contribution in [0.4, 0.5) is 0 Å². The molecule has 5 nitrogen and oxygen atoms in total. The van der Waals surface area contributed by atoms with E-state index < -0.39 is 0 Å². The highest BCUT2D eigenvalue weighted by atomic mass is 16.5. The summed E-state index contributed by atoms with van der Waals surface area (Å²) in [6.45, 7) is 6.98. The maximum atomic E-state index is 12.0. The summed E-state index contributed by atoms with van der Waals surface area (Å²) in [6, 6.07) is 0.266. The number of ether oxygens (including phenoxy) is 1. The lowest BCUT2D eigenvalue weighted by Gasteiger charge is -2.34. The summed E-state index contributed by atoms with van der Waals surface area (Å²) in [7, 11) is 1.75. The van der Waals surface area contributed by atoms with Crippen molar-refractivity contribution in [1.29, 1.82) is 0 Å². The largest absolute Gasteiger partial charge is 0.465 e. The Labute approximate surface area is 122 Å². The van der Waals surface area contributed by atoms with Crippen molar-refractivity contribution in [1.82, 2.24) is 10.2 Å². The molecule has 1 amide bonds. The van der Waals surface area contributed by atoms with Crippen molar-refractivity contribution in [3.63, 3.8) is 0 Å². The number of carbonyl (C=O) groups is 2. The molecular formula is C15H28N2O3. The third-order valence-corrected chi connectivity index (χ3v) is 4.17. The molecule has 0 radical (unpaired) electrons. The van der Waals surface area contributed by atoms with Gasteiger partial charge >= 0.3 is 5.97 Å². The first kappa shape index (κ1) is 17.0. The zero-order chi connectivity index (χ0) is 15.1. The Balaban J connectivity index is 2.33. The van der Waals surface area contributed by atoms with Crippen molar-refractivity contribution in [3.8, 4) is 0 Å². The fourth-order valence-electron chi connectivity index (χ4n) is 2.77. The number of nitrogens with one attached hydrogen (secondary N) is 1. The highest BCUT2D eigenvalue weighted by molar-refractivity contribution is 5.79. The topological polar surface area (TPSA) is 58.6 Å². The number of carbonyl (C=O) groups excluding carboxylic acids is 2. The molecule has 0 aromatic carbocycles. The normalized spacial score (nSPS) is 26.4. The van der Waals surface area contributed by atoms with Crippen LogP contribution in [0, 0.1) is 11.8 Å². The summed E-state index contributed by atoms with van der Waals surface area (Å²) >= 11 is 0. The zero-order valence-electron chi connectivity index (χ0n) is 13.1. The van der Waals surface area contributed by atoms with E-state index in [1.807, 2.05) is 0 Å². The van der Waals surface area contributed by atoms with Crippen LogP contribution in [0.5, 0.6) is 0 Å². The van der Waals surface area contributed by atoms with Crippen molar-refractivity contribution in [2.75, 3.05) is 26.7 Å². The zero-order valence-corrected chi connectivity index (χ0v) is 13.1. The quantitative estimate of drug-likeness (QED) is 0.750. The summed E-state index contributed by atoms with van der Waals surface area (Å²) in [5.41, 5.74) is 0. The van der Waals surface area contributed by atoms with Crippen LogP contribution in [0.2, 0.25) is 0 Å². The molecule has 1 N–H and O–H groups in total. The van der Waals surface area contributed by atoms with Gasteiger partial charge in [-0.1, -0.05) is 26.7 Å². The first-order valence-corrected chi connectivity index (χ1v) is 7.57. The second kappa shape index (κ2) is 8.25. The first-order valence-electron chi connectivity index (χ1n) is 7.57. The van der Waals surface area contributed by atoms with Gasteiger partial charge in [0.1, 0.15) is 0 Å². The summed E-state index contributed by atoms with van der Waals surface area (Å²) in [5, 5.41) is 3.10. The SMILES string of the molecule is CCOC(=O)CN(C)CC(=O)NC1CCCC(C)C1C.